The van der Waals surface area contributed by atoms with Crippen LogP contribution in [-0.2, 0) is 11.2 Å². The van der Waals surface area contributed by atoms with Gasteiger partial charge in [0.05, 0.1) is 6.04 Å². The molecule has 1 rings (SSSR count). The minimum atomic E-state index is -4.39. The lowest BCUT2D eigenvalue weighted by molar-refractivity contribution is -0.139. The van der Waals surface area contributed by atoms with E-state index < -0.39 is 24.7 Å². The second kappa shape index (κ2) is 6.39. The summed E-state index contributed by atoms with van der Waals surface area (Å²) in [4.78, 5) is 11.6. The van der Waals surface area contributed by atoms with Crippen LogP contribution in [0.15, 0.2) is 30.3 Å². The molecule has 100 valence electrons. The quantitative estimate of drug-likeness (QED) is 0.842. The number of carbonyl (C=O) groups is 1. The lowest BCUT2D eigenvalue weighted by Crippen LogP contribution is -2.46. The molecule has 1 aromatic rings. The Balaban J connectivity index is 2.53. The third-order valence-electron chi connectivity index (χ3n) is 2.41. The fraction of sp³-hybridized carbons (Fsp3) is 0.417. The van der Waals surface area contributed by atoms with Crippen molar-refractivity contribution in [3.05, 3.63) is 35.9 Å². The zero-order valence-corrected chi connectivity index (χ0v) is 9.92. The Hall–Kier alpha value is -1.56. The molecule has 0 spiro atoms. The van der Waals surface area contributed by atoms with E-state index in [1.807, 2.05) is 35.6 Å². The van der Waals surface area contributed by atoms with Crippen molar-refractivity contribution in [2.24, 2.45) is 0 Å². The van der Waals surface area contributed by atoms with Crippen LogP contribution in [0, 0.1) is 0 Å². The molecule has 1 amide bonds. The number of benzene rings is 1. The van der Waals surface area contributed by atoms with Crippen LogP contribution >= 0.6 is 0 Å². The highest BCUT2D eigenvalue weighted by atomic mass is 19.4. The lowest BCUT2D eigenvalue weighted by Gasteiger charge is -2.17. The van der Waals surface area contributed by atoms with Gasteiger partial charge in [-0.3, -0.25) is 4.79 Å². The highest BCUT2D eigenvalue weighted by molar-refractivity contribution is 5.82. The lowest BCUT2D eigenvalue weighted by atomic mass is 10.1. The van der Waals surface area contributed by atoms with Gasteiger partial charge in [0.1, 0.15) is 6.54 Å². The SMILES string of the molecule is CN[C@@H](Cc1ccccc1)C(=O)NCC(F)(F)F. The smallest absolute Gasteiger partial charge is 0.346 e. The van der Waals surface area contributed by atoms with E-state index in [-0.39, 0.29) is 0 Å². The van der Waals surface area contributed by atoms with E-state index >= 15 is 0 Å². The Labute approximate surface area is 103 Å². The maximum absolute atomic E-state index is 12.0. The first-order valence-electron chi connectivity index (χ1n) is 5.48. The number of carbonyl (C=O) groups excluding carboxylic acids is 1. The predicted molar refractivity (Wildman–Crippen MR) is 62.1 cm³/mol. The summed E-state index contributed by atoms with van der Waals surface area (Å²) in [6.07, 6.45) is -4.04. The number of rotatable bonds is 5. The second-order valence-corrected chi connectivity index (χ2v) is 3.86. The number of hydrogen-bond acceptors (Lipinski definition) is 2. The van der Waals surface area contributed by atoms with Crippen LogP contribution in [0.4, 0.5) is 13.2 Å². The van der Waals surface area contributed by atoms with Crippen LogP contribution in [0.25, 0.3) is 0 Å². The van der Waals surface area contributed by atoms with Gasteiger partial charge in [-0.2, -0.15) is 13.2 Å². The fourth-order valence-corrected chi connectivity index (χ4v) is 1.49. The van der Waals surface area contributed by atoms with Gasteiger partial charge in [0, 0.05) is 0 Å². The maximum Gasteiger partial charge on any atom is 0.405 e. The Bertz CT molecular complexity index is 379. The van der Waals surface area contributed by atoms with E-state index in [1.54, 1.807) is 7.05 Å². The normalized spacial score (nSPS) is 13.1. The summed E-state index contributed by atoms with van der Waals surface area (Å²) in [7, 11) is 1.54. The largest absolute Gasteiger partial charge is 0.405 e. The third kappa shape index (κ3) is 5.18. The fourth-order valence-electron chi connectivity index (χ4n) is 1.49. The Morgan fingerprint density at radius 2 is 1.89 bits per heavy atom. The Morgan fingerprint density at radius 3 is 2.39 bits per heavy atom. The number of halogens is 3. The minimum Gasteiger partial charge on any atom is -0.346 e. The zero-order chi connectivity index (χ0) is 13.6. The molecule has 0 saturated heterocycles. The summed E-state index contributed by atoms with van der Waals surface area (Å²) in [5.41, 5.74) is 0.888. The minimum absolute atomic E-state index is 0.348. The summed E-state index contributed by atoms with van der Waals surface area (Å²) in [6.45, 7) is -1.31. The molecule has 0 fully saturated rings. The number of amides is 1. The highest BCUT2D eigenvalue weighted by Gasteiger charge is 2.29. The molecular formula is C12H15F3N2O. The number of alkyl halides is 3. The van der Waals surface area contributed by atoms with Crippen LogP contribution in [-0.4, -0.2) is 31.7 Å². The average Bonchev–Trinajstić information content (AvgIpc) is 2.33. The average molecular weight is 260 g/mol. The topological polar surface area (TPSA) is 41.1 Å². The van der Waals surface area contributed by atoms with Gasteiger partial charge in [0.15, 0.2) is 0 Å². The van der Waals surface area contributed by atoms with Gasteiger partial charge in [-0.15, -0.1) is 0 Å². The van der Waals surface area contributed by atoms with Gasteiger partial charge in [0.2, 0.25) is 5.91 Å². The number of likely N-dealkylation sites (N-methyl/N-ethyl adjacent to an activating group) is 1. The van der Waals surface area contributed by atoms with E-state index in [0.717, 1.165) is 5.56 Å². The molecule has 0 heterocycles. The van der Waals surface area contributed by atoms with E-state index in [4.69, 9.17) is 0 Å². The van der Waals surface area contributed by atoms with Gasteiger partial charge < -0.3 is 10.6 Å². The first-order chi connectivity index (χ1) is 8.42. The Kier molecular flexibility index (Phi) is 5.15. The first-order valence-corrected chi connectivity index (χ1v) is 5.48. The van der Waals surface area contributed by atoms with Gasteiger partial charge in [-0.05, 0) is 19.0 Å². The molecule has 1 aromatic carbocycles. The van der Waals surface area contributed by atoms with Crippen LogP contribution in [0.1, 0.15) is 5.56 Å². The van der Waals surface area contributed by atoms with E-state index in [9.17, 15) is 18.0 Å². The number of hydrogen-bond donors (Lipinski definition) is 2. The summed E-state index contributed by atoms with van der Waals surface area (Å²) >= 11 is 0. The molecule has 0 aliphatic heterocycles. The summed E-state index contributed by atoms with van der Waals surface area (Å²) in [5.74, 6) is -0.654. The molecular weight excluding hydrogens is 245 g/mol. The monoisotopic (exact) mass is 260 g/mol. The van der Waals surface area contributed by atoms with Crippen molar-refractivity contribution in [3.8, 4) is 0 Å². The maximum atomic E-state index is 12.0. The second-order valence-electron chi connectivity index (χ2n) is 3.86. The van der Waals surface area contributed by atoms with E-state index in [2.05, 4.69) is 5.32 Å². The molecule has 0 aliphatic carbocycles. The Morgan fingerprint density at radius 1 is 1.28 bits per heavy atom. The van der Waals surface area contributed by atoms with Gasteiger partial charge in [-0.1, -0.05) is 30.3 Å². The van der Waals surface area contributed by atoms with Crippen molar-refractivity contribution in [1.82, 2.24) is 10.6 Å². The standard InChI is InChI=1S/C12H15F3N2O/c1-16-10(7-9-5-3-2-4-6-9)11(18)17-8-12(13,14)15/h2-6,10,16H,7-8H2,1H3,(H,17,18)/t10-/m0/s1. The van der Waals surface area contributed by atoms with Gasteiger partial charge in [-0.25, -0.2) is 0 Å². The highest BCUT2D eigenvalue weighted by Crippen LogP contribution is 2.12. The van der Waals surface area contributed by atoms with Crippen LogP contribution in [0.3, 0.4) is 0 Å². The molecule has 2 N–H and O–H groups in total. The van der Waals surface area contributed by atoms with Gasteiger partial charge >= 0.3 is 6.18 Å². The van der Waals surface area contributed by atoms with Crippen molar-refractivity contribution in [1.29, 1.82) is 0 Å². The molecule has 18 heavy (non-hydrogen) atoms. The summed E-state index contributed by atoms with van der Waals surface area (Å²) < 4.78 is 35.9. The van der Waals surface area contributed by atoms with Crippen LogP contribution in [0.5, 0.6) is 0 Å². The molecule has 0 bridgehead atoms. The van der Waals surface area contributed by atoms with Gasteiger partial charge in [0.25, 0.3) is 0 Å². The first kappa shape index (κ1) is 14.5. The van der Waals surface area contributed by atoms with Crippen molar-refractivity contribution in [2.45, 2.75) is 18.6 Å². The molecule has 0 saturated carbocycles. The van der Waals surface area contributed by atoms with E-state index in [0.29, 0.717) is 6.42 Å². The van der Waals surface area contributed by atoms with Crippen molar-refractivity contribution in [2.75, 3.05) is 13.6 Å². The molecule has 0 unspecified atom stereocenters. The van der Waals surface area contributed by atoms with Crippen LogP contribution < -0.4 is 10.6 Å². The predicted octanol–water partition coefficient (Wildman–Crippen LogP) is 1.50. The van der Waals surface area contributed by atoms with Crippen molar-refractivity contribution in [3.63, 3.8) is 0 Å². The van der Waals surface area contributed by atoms with Crippen molar-refractivity contribution < 1.29 is 18.0 Å². The molecule has 0 aliphatic rings. The van der Waals surface area contributed by atoms with Crippen LogP contribution in [0.2, 0.25) is 0 Å². The third-order valence-corrected chi connectivity index (χ3v) is 2.41. The van der Waals surface area contributed by atoms with Crippen molar-refractivity contribution >= 4 is 5.91 Å². The summed E-state index contributed by atoms with van der Waals surface area (Å²) in [6, 6.07) is 8.44. The molecule has 3 nitrogen and oxygen atoms in total. The molecule has 0 radical (unpaired) electrons. The molecule has 1 atom stereocenters. The summed E-state index contributed by atoms with van der Waals surface area (Å²) in [5, 5.41) is 4.57. The number of nitrogens with one attached hydrogen (secondary N) is 2. The molecule has 6 heteroatoms. The zero-order valence-electron chi connectivity index (χ0n) is 9.92. The van der Waals surface area contributed by atoms with E-state index in [1.165, 1.54) is 0 Å². The molecule has 0 aromatic heterocycles.